The third-order valence-electron chi connectivity index (χ3n) is 4.98. The maximum absolute atomic E-state index is 12.3. The summed E-state index contributed by atoms with van der Waals surface area (Å²) in [6.07, 6.45) is 2.80. The number of nitrogens with one attached hydrogen (secondary N) is 3. The van der Waals surface area contributed by atoms with Crippen molar-refractivity contribution in [2.75, 3.05) is 20.3 Å². The van der Waals surface area contributed by atoms with Crippen molar-refractivity contribution in [2.24, 2.45) is 5.92 Å². The SMILES string of the molecule is COc1ccc(C2NNC(C)C2CC(=O)NCC2CCCO2)cc1. The van der Waals surface area contributed by atoms with Gasteiger partial charge >= 0.3 is 0 Å². The van der Waals surface area contributed by atoms with E-state index in [-0.39, 0.29) is 30.0 Å². The molecule has 24 heavy (non-hydrogen) atoms. The van der Waals surface area contributed by atoms with E-state index < -0.39 is 0 Å². The smallest absolute Gasteiger partial charge is 0.220 e. The summed E-state index contributed by atoms with van der Waals surface area (Å²) in [5, 5.41) is 3.02. The second kappa shape index (κ2) is 7.96. The van der Waals surface area contributed by atoms with Gasteiger partial charge in [-0.25, -0.2) is 5.43 Å². The van der Waals surface area contributed by atoms with E-state index in [0.717, 1.165) is 30.8 Å². The van der Waals surface area contributed by atoms with Crippen LogP contribution in [0.15, 0.2) is 24.3 Å². The molecule has 3 rings (SSSR count). The summed E-state index contributed by atoms with van der Waals surface area (Å²) in [5.74, 6) is 1.12. The highest BCUT2D eigenvalue weighted by molar-refractivity contribution is 5.76. The molecule has 2 saturated heterocycles. The maximum atomic E-state index is 12.3. The number of carbonyl (C=O) groups excluding carboxylic acids is 1. The van der Waals surface area contributed by atoms with Gasteiger partial charge in [-0.1, -0.05) is 12.1 Å². The predicted octanol–water partition coefficient (Wildman–Crippen LogP) is 1.53. The van der Waals surface area contributed by atoms with E-state index in [1.165, 1.54) is 0 Å². The van der Waals surface area contributed by atoms with Crippen LogP contribution in [0.3, 0.4) is 0 Å². The van der Waals surface area contributed by atoms with Crippen LogP contribution in [0, 0.1) is 5.92 Å². The molecule has 1 aromatic rings. The Bertz CT molecular complexity index is 543. The Labute approximate surface area is 143 Å². The second-order valence-electron chi connectivity index (χ2n) is 6.64. The van der Waals surface area contributed by atoms with Crippen molar-refractivity contribution in [1.82, 2.24) is 16.2 Å². The van der Waals surface area contributed by atoms with E-state index in [4.69, 9.17) is 9.47 Å². The van der Waals surface area contributed by atoms with Crippen molar-refractivity contribution >= 4 is 5.91 Å². The fourth-order valence-electron chi connectivity index (χ4n) is 3.48. The van der Waals surface area contributed by atoms with Gasteiger partial charge < -0.3 is 14.8 Å². The highest BCUT2D eigenvalue weighted by Crippen LogP contribution is 2.32. The number of amides is 1. The molecule has 2 aliphatic rings. The summed E-state index contributed by atoms with van der Waals surface area (Å²) >= 11 is 0. The molecule has 6 nitrogen and oxygen atoms in total. The van der Waals surface area contributed by atoms with Gasteiger partial charge in [-0.15, -0.1) is 0 Å². The van der Waals surface area contributed by atoms with Crippen LogP contribution >= 0.6 is 0 Å². The van der Waals surface area contributed by atoms with Crippen LogP contribution in [-0.4, -0.2) is 38.3 Å². The number of carbonyl (C=O) groups is 1. The maximum Gasteiger partial charge on any atom is 0.220 e. The van der Waals surface area contributed by atoms with Crippen LogP contribution in [0.1, 0.15) is 37.8 Å². The first kappa shape index (κ1) is 17.2. The average Bonchev–Trinajstić information content (AvgIpc) is 3.24. The van der Waals surface area contributed by atoms with E-state index in [0.29, 0.717) is 13.0 Å². The molecule has 3 N–H and O–H groups in total. The summed E-state index contributed by atoms with van der Waals surface area (Å²) in [7, 11) is 1.66. The zero-order valence-electron chi connectivity index (χ0n) is 14.4. The number of hydrazine groups is 1. The molecule has 2 fully saturated rings. The molecule has 0 aromatic heterocycles. The van der Waals surface area contributed by atoms with Crippen molar-refractivity contribution in [3.63, 3.8) is 0 Å². The Morgan fingerprint density at radius 1 is 1.33 bits per heavy atom. The molecule has 0 bridgehead atoms. The van der Waals surface area contributed by atoms with E-state index >= 15 is 0 Å². The molecule has 6 heteroatoms. The van der Waals surface area contributed by atoms with Gasteiger partial charge in [-0.05, 0) is 37.5 Å². The van der Waals surface area contributed by atoms with Crippen LogP contribution in [-0.2, 0) is 9.53 Å². The largest absolute Gasteiger partial charge is 0.497 e. The minimum Gasteiger partial charge on any atom is -0.497 e. The van der Waals surface area contributed by atoms with E-state index in [1.54, 1.807) is 7.11 Å². The minimum absolute atomic E-state index is 0.0892. The molecule has 132 valence electrons. The number of hydrogen-bond acceptors (Lipinski definition) is 5. The van der Waals surface area contributed by atoms with Gasteiger partial charge in [0.15, 0.2) is 0 Å². The molecular weight excluding hydrogens is 306 g/mol. The van der Waals surface area contributed by atoms with Gasteiger partial charge in [0.2, 0.25) is 5.91 Å². The Morgan fingerprint density at radius 3 is 2.79 bits per heavy atom. The van der Waals surface area contributed by atoms with Gasteiger partial charge in [0.05, 0.1) is 19.3 Å². The van der Waals surface area contributed by atoms with E-state index in [2.05, 4.69) is 23.1 Å². The molecule has 1 amide bonds. The second-order valence-corrected chi connectivity index (χ2v) is 6.64. The lowest BCUT2D eigenvalue weighted by molar-refractivity contribution is -0.122. The summed E-state index contributed by atoms with van der Waals surface area (Å²) in [6.45, 7) is 3.54. The number of methoxy groups -OCH3 is 1. The molecule has 0 aliphatic carbocycles. The first-order chi connectivity index (χ1) is 11.7. The lowest BCUT2D eigenvalue weighted by Crippen LogP contribution is -2.35. The highest BCUT2D eigenvalue weighted by Gasteiger charge is 2.35. The van der Waals surface area contributed by atoms with E-state index in [1.807, 2.05) is 24.3 Å². The van der Waals surface area contributed by atoms with Gasteiger partial charge in [0.25, 0.3) is 0 Å². The highest BCUT2D eigenvalue weighted by atomic mass is 16.5. The fourth-order valence-corrected chi connectivity index (χ4v) is 3.48. The summed E-state index contributed by atoms with van der Waals surface area (Å²) in [5.41, 5.74) is 7.74. The molecular formula is C18H27N3O3. The van der Waals surface area contributed by atoms with Gasteiger partial charge in [-0.2, -0.15) is 0 Å². The summed E-state index contributed by atoms with van der Waals surface area (Å²) in [4.78, 5) is 12.3. The van der Waals surface area contributed by atoms with Gasteiger partial charge in [-0.3, -0.25) is 10.2 Å². The number of hydrogen-bond donors (Lipinski definition) is 3. The minimum atomic E-state index is 0.0892. The van der Waals surface area contributed by atoms with E-state index in [9.17, 15) is 4.79 Å². The topological polar surface area (TPSA) is 71.6 Å². The summed E-state index contributed by atoms with van der Waals surface area (Å²) < 4.78 is 10.8. The van der Waals surface area contributed by atoms with Gasteiger partial charge in [0, 0.05) is 31.5 Å². The van der Waals surface area contributed by atoms with Crippen molar-refractivity contribution in [3.8, 4) is 5.75 Å². The lowest BCUT2D eigenvalue weighted by Gasteiger charge is -2.21. The number of rotatable bonds is 6. The molecule has 2 heterocycles. The zero-order chi connectivity index (χ0) is 16.9. The molecule has 4 unspecified atom stereocenters. The summed E-state index contributed by atoms with van der Waals surface area (Å²) in [6, 6.07) is 8.34. The molecule has 0 radical (unpaired) electrons. The monoisotopic (exact) mass is 333 g/mol. The van der Waals surface area contributed by atoms with Crippen molar-refractivity contribution < 1.29 is 14.3 Å². The third kappa shape index (κ3) is 4.06. The first-order valence-electron chi connectivity index (χ1n) is 8.70. The lowest BCUT2D eigenvalue weighted by atomic mass is 9.87. The molecule has 2 aliphatic heterocycles. The van der Waals surface area contributed by atoms with Crippen LogP contribution in [0.5, 0.6) is 5.75 Å². The number of benzene rings is 1. The van der Waals surface area contributed by atoms with Crippen LogP contribution < -0.4 is 20.9 Å². The van der Waals surface area contributed by atoms with Crippen molar-refractivity contribution in [1.29, 1.82) is 0 Å². The van der Waals surface area contributed by atoms with Crippen molar-refractivity contribution in [2.45, 2.75) is 44.4 Å². The standard InChI is InChI=1S/C18H27N3O3/c1-12-16(10-17(22)19-11-15-4-3-9-24-15)18(21-20-12)13-5-7-14(23-2)8-6-13/h5-8,12,15-16,18,20-21H,3-4,9-11H2,1-2H3,(H,19,22). The molecule has 4 atom stereocenters. The Kier molecular flexibility index (Phi) is 5.71. The van der Waals surface area contributed by atoms with Gasteiger partial charge in [0.1, 0.15) is 5.75 Å². The normalized spacial score (nSPS) is 29.6. The zero-order valence-corrected chi connectivity index (χ0v) is 14.4. The Balaban J connectivity index is 1.57. The number of ether oxygens (including phenoxy) is 2. The predicted molar refractivity (Wildman–Crippen MR) is 91.6 cm³/mol. The van der Waals surface area contributed by atoms with Crippen molar-refractivity contribution in [3.05, 3.63) is 29.8 Å². The van der Waals surface area contributed by atoms with Crippen LogP contribution in [0.25, 0.3) is 0 Å². The first-order valence-corrected chi connectivity index (χ1v) is 8.70. The molecule has 1 aromatic carbocycles. The van der Waals surface area contributed by atoms with Crippen LogP contribution in [0.4, 0.5) is 0 Å². The Morgan fingerprint density at radius 2 is 2.12 bits per heavy atom. The average molecular weight is 333 g/mol. The molecule has 0 spiro atoms. The molecule has 0 saturated carbocycles. The van der Waals surface area contributed by atoms with Crippen LogP contribution in [0.2, 0.25) is 0 Å². The Hall–Kier alpha value is -1.63. The quantitative estimate of drug-likeness (QED) is 0.736. The fraction of sp³-hybridized carbons (Fsp3) is 0.611. The third-order valence-corrected chi connectivity index (χ3v) is 4.98.